The number of rotatable bonds is 5. The van der Waals surface area contributed by atoms with Gasteiger partial charge in [-0.25, -0.2) is 0 Å². The molecule has 0 radical (unpaired) electrons. The van der Waals surface area contributed by atoms with Crippen molar-refractivity contribution < 1.29 is 10.2 Å². The van der Waals surface area contributed by atoms with E-state index < -0.39 is 5.54 Å². The van der Waals surface area contributed by atoms with Crippen molar-refractivity contribution in [2.45, 2.75) is 44.2 Å². The first-order valence-electron chi connectivity index (χ1n) is 6.30. The van der Waals surface area contributed by atoms with Crippen LogP contribution in [-0.4, -0.2) is 29.0 Å². The van der Waals surface area contributed by atoms with Crippen LogP contribution in [0.3, 0.4) is 0 Å². The van der Waals surface area contributed by atoms with Crippen molar-refractivity contribution in [3.8, 4) is 0 Å². The van der Waals surface area contributed by atoms with Crippen molar-refractivity contribution in [1.82, 2.24) is 5.32 Å². The lowest BCUT2D eigenvalue weighted by atomic mass is 9.89. The molecule has 1 aromatic rings. The van der Waals surface area contributed by atoms with Crippen LogP contribution in [0.4, 0.5) is 0 Å². The van der Waals surface area contributed by atoms with E-state index in [1.54, 1.807) is 0 Å². The molecule has 4 heteroatoms. The van der Waals surface area contributed by atoms with E-state index >= 15 is 0 Å². The van der Waals surface area contributed by atoms with E-state index in [-0.39, 0.29) is 19.3 Å². The van der Waals surface area contributed by atoms with Gasteiger partial charge in [-0.3, -0.25) is 0 Å². The van der Waals surface area contributed by atoms with Crippen molar-refractivity contribution >= 4 is 11.3 Å². The zero-order chi connectivity index (χ0) is 12.3. The molecule has 0 aliphatic heterocycles. The van der Waals surface area contributed by atoms with Gasteiger partial charge in [-0.15, -0.1) is 11.3 Å². The predicted octanol–water partition coefficient (Wildman–Crippen LogP) is 1.85. The summed E-state index contributed by atoms with van der Waals surface area (Å²) in [4.78, 5) is 1.45. The highest BCUT2D eigenvalue weighted by atomic mass is 32.1. The summed E-state index contributed by atoms with van der Waals surface area (Å²) in [5.41, 5.74) is 0.822. The maximum Gasteiger partial charge on any atom is 0.0650 e. The Morgan fingerprint density at radius 1 is 1.47 bits per heavy atom. The molecule has 0 fully saturated rings. The number of hydrogen-bond acceptors (Lipinski definition) is 4. The van der Waals surface area contributed by atoms with Crippen LogP contribution < -0.4 is 5.32 Å². The third-order valence-corrected chi connectivity index (χ3v) is 4.81. The fourth-order valence-corrected chi connectivity index (χ4v) is 3.46. The molecular weight excluding hydrogens is 234 g/mol. The van der Waals surface area contributed by atoms with Gasteiger partial charge < -0.3 is 15.5 Å². The van der Waals surface area contributed by atoms with Crippen molar-refractivity contribution in [2.24, 2.45) is 0 Å². The third kappa shape index (κ3) is 2.55. The van der Waals surface area contributed by atoms with Gasteiger partial charge in [-0.1, -0.05) is 6.92 Å². The van der Waals surface area contributed by atoms with Crippen LogP contribution in [0.15, 0.2) is 11.4 Å². The van der Waals surface area contributed by atoms with Gasteiger partial charge in [0, 0.05) is 10.9 Å². The summed E-state index contributed by atoms with van der Waals surface area (Å²) in [5.74, 6) is 0. The smallest absolute Gasteiger partial charge is 0.0650 e. The number of hydrogen-bond donors (Lipinski definition) is 3. The molecule has 96 valence electrons. The van der Waals surface area contributed by atoms with Gasteiger partial charge in [0.1, 0.15) is 0 Å². The summed E-state index contributed by atoms with van der Waals surface area (Å²) in [7, 11) is 0. The van der Waals surface area contributed by atoms with Crippen LogP contribution >= 0.6 is 11.3 Å². The molecule has 1 unspecified atom stereocenters. The van der Waals surface area contributed by atoms with Gasteiger partial charge in [0.25, 0.3) is 0 Å². The van der Waals surface area contributed by atoms with Crippen LogP contribution in [0.2, 0.25) is 0 Å². The summed E-state index contributed by atoms with van der Waals surface area (Å²) in [5, 5.41) is 24.6. The van der Waals surface area contributed by atoms with E-state index in [0.29, 0.717) is 0 Å². The molecule has 0 amide bonds. The summed E-state index contributed by atoms with van der Waals surface area (Å²) in [6.45, 7) is 1.96. The van der Waals surface area contributed by atoms with Gasteiger partial charge >= 0.3 is 0 Å². The van der Waals surface area contributed by atoms with E-state index in [1.165, 1.54) is 23.3 Å². The molecule has 1 aliphatic rings. The Hall–Kier alpha value is -0.420. The van der Waals surface area contributed by atoms with Crippen LogP contribution in [0.1, 0.15) is 42.7 Å². The standard InChI is InChI=1S/C13H21NO2S/c1-2-13(8-15,9-16)14-11-4-3-5-12-10(11)6-7-17-12/h6-7,11,14-16H,2-5,8-9H2,1H3. The minimum Gasteiger partial charge on any atom is -0.394 e. The Morgan fingerprint density at radius 2 is 2.24 bits per heavy atom. The Labute approximate surface area is 106 Å². The Morgan fingerprint density at radius 3 is 2.88 bits per heavy atom. The van der Waals surface area contributed by atoms with Gasteiger partial charge in [-0.2, -0.15) is 0 Å². The molecule has 0 spiro atoms. The molecule has 3 nitrogen and oxygen atoms in total. The van der Waals surface area contributed by atoms with Gasteiger partial charge in [0.15, 0.2) is 0 Å². The SMILES string of the molecule is CCC(CO)(CO)NC1CCCc2sccc21. The minimum absolute atomic E-state index is 0.0179. The Balaban J connectivity index is 2.15. The fraction of sp³-hybridized carbons (Fsp3) is 0.692. The lowest BCUT2D eigenvalue weighted by Gasteiger charge is -2.36. The monoisotopic (exact) mass is 255 g/mol. The van der Waals surface area contributed by atoms with Gasteiger partial charge in [0.2, 0.25) is 0 Å². The zero-order valence-electron chi connectivity index (χ0n) is 10.3. The first-order chi connectivity index (χ1) is 8.24. The molecule has 2 rings (SSSR count). The van der Waals surface area contributed by atoms with Crippen LogP contribution in [-0.2, 0) is 6.42 Å². The van der Waals surface area contributed by atoms with Crippen LogP contribution in [0.5, 0.6) is 0 Å². The maximum absolute atomic E-state index is 9.49. The molecule has 17 heavy (non-hydrogen) atoms. The van der Waals surface area contributed by atoms with Gasteiger partial charge in [-0.05, 0) is 42.7 Å². The molecule has 0 saturated carbocycles. The average Bonchev–Trinajstić information content (AvgIpc) is 2.85. The lowest BCUT2D eigenvalue weighted by Crippen LogP contribution is -2.52. The molecule has 1 heterocycles. The summed E-state index contributed by atoms with van der Waals surface area (Å²) < 4.78 is 0. The molecule has 0 bridgehead atoms. The topological polar surface area (TPSA) is 52.5 Å². The second kappa shape index (κ2) is 5.48. The molecule has 1 atom stereocenters. The second-order valence-corrected chi connectivity index (χ2v) is 5.84. The zero-order valence-corrected chi connectivity index (χ0v) is 11.1. The molecule has 3 N–H and O–H groups in total. The highest BCUT2D eigenvalue weighted by molar-refractivity contribution is 7.10. The number of thiophene rings is 1. The van der Waals surface area contributed by atoms with E-state index in [9.17, 15) is 10.2 Å². The first kappa shape index (κ1) is 13.0. The predicted molar refractivity (Wildman–Crippen MR) is 70.3 cm³/mol. The van der Waals surface area contributed by atoms with Crippen molar-refractivity contribution in [3.63, 3.8) is 0 Å². The fourth-order valence-electron chi connectivity index (χ4n) is 2.47. The summed E-state index contributed by atoms with van der Waals surface area (Å²) >= 11 is 1.81. The molecule has 1 aromatic heterocycles. The highest BCUT2D eigenvalue weighted by Crippen LogP contribution is 2.34. The molecule has 0 saturated heterocycles. The molecule has 0 aromatic carbocycles. The number of nitrogens with one attached hydrogen (secondary N) is 1. The Bertz CT molecular complexity index is 352. The largest absolute Gasteiger partial charge is 0.394 e. The second-order valence-electron chi connectivity index (χ2n) is 4.84. The van der Waals surface area contributed by atoms with Crippen LogP contribution in [0, 0.1) is 0 Å². The maximum atomic E-state index is 9.49. The number of aliphatic hydroxyl groups is 2. The normalized spacial score (nSPS) is 20.3. The summed E-state index contributed by atoms with van der Waals surface area (Å²) in [6.07, 6.45) is 4.17. The van der Waals surface area contributed by atoms with E-state index in [0.717, 1.165) is 12.8 Å². The van der Waals surface area contributed by atoms with Gasteiger partial charge in [0.05, 0.1) is 18.8 Å². The van der Waals surface area contributed by atoms with Crippen molar-refractivity contribution in [2.75, 3.05) is 13.2 Å². The quantitative estimate of drug-likeness (QED) is 0.752. The van der Waals surface area contributed by atoms with E-state index in [4.69, 9.17) is 0 Å². The number of aliphatic hydroxyl groups excluding tert-OH is 2. The minimum atomic E-state index is -0.540. The summed E-state index contributed by atoms with van der Waals surface area (Å²) in [6, 6.07) is 2.45. The Kier molecular flexibility index (Phi) is 4.20. The van der Waals surface area contributed by atoms with Crippen molar-refractivity contribution in [1.29, 1.82) is 0 Å². The van der Waals surface area contributed by atoms with Crippen molar-refractivity contribution in [3.05, 3.63) is 21.9 Å². The number of aryl methyl sites for hydroxylation is 1. The third-order valence-electron chi connectivity index (χ3n) is 3.81. The number of fused-ring (bicyclic) bond motifs is 1. The van der Waals surface area contributed by atoms with E-state index in [2.05, 4.69) is 16.8 Å². The molecule has 1 aliphatic carbocycles. The average molecular weight is 255 g/mol. The lowest BCUT2D eigenvalue weighted by molar-refractivity contribution is 0.0753. The van der Waals surface area contributed by atoms with Crippen LogP contribution in [0.25, 0.3) is 0 Å². The highest BCUT2D eigenvalue weighted by Gasteiger charge is 2.32. The van der Waals surface area contributed by atoms with E-state index in [1.807, 2.05) is 18.3 Å². The molecular formula is C13H21NO2S. The first-order valence-corrected chi connectivity index (χ1v) is 7.18.